The minimum Gasteiger partial charge on any atom is -0.328 e. The number of hydrogen-bond donors (Lipinski definition) is 3. The molecule has 7 heteroatoms. The van der Waals surface area contributed by atoms with Gasteiger partial charge in [0.2, 0.25) is 15.9 Å². The van der Waals surface area contributed by atoms with Crippen LogP contribution in [0.1, 0.15) is 31.7 Å². The van der Waals surface area contributed by atoms with Crippen LogP contribution in [0, 0.1) is 0 Å². The van der Waals surface area contributed by atoms with E-state index in [0.717, 1.165) is 12.0 Å². The van der Waals surface area contributed by atoms with E-state index in [2.05, 4.69) is 10.0 Å². The molecule has 0 aromatic heterocycles. The monoisotopic (exact) mass is 311 g/mol. The highest BCUT2D eigenvalue weighted by atomic mass is 32.2. The van der Waals surface area contributed by atoms with Gasteiger partial charge >= 0.3 is 0 Å². The van der Waals surface area contributed by atoms with Crippen LogP contribution in [-0.2, 0) is 21.2 Å². The first-order valence-corrected chi connectivity index (χ1v) is 8.55. The Kier molecular flexibility index (Phi) is 4.97. The van der Waals surface area contributed by atoms with E-state index in [-0.39, 0.29) is 16.8 Å². The molecule has 0 saturated heterocycles. The maximum atomic E-state index is 12.2. The van der Waals surface area contributed by atoms with Crippen LogP contribution in [0.3, 0.4) is 0 Å². The van der Waals surface area contributed by atoms with E-state index in [9.17, 15) is 13.2 Å². The Morgan fingerprint density at radius 1 is 1.38 bits per heavy atom. The van der Waals surface area contributed by atoms with Gasteiger partial charge in [-0.1, -0.05) is 0 Å². The lowest BCUT2D eigenvalue weighted by Gasteiger charge is -2.11. The molecule has 0 spiro atoms. The maximum Gasteiger partial charge on any atom is 0.240 e. The van der Waals surface area contributed by atoms with Gasteiger partial charge in [-0.15, -0.1) is 0 Å². The SMILES string of the molecule is CC(N)CCNS(=O)(=O)c1ccc2c(c1)CCCC(=O)N2. The van der Waals surface area contributed by atoms with Crippen molar-refractivity contribution in [1.29, 1.82) is 0 Å². The molecule has 0 radical (unpaired) electrons. The number of hydrogen-bond acceptors (Lipinski definition) is 4. The van der Waals surface area contributed by atoms with Crippen LogP contribution in [0.2, 0.25) is 0 Å². The lowest BCUT2D eigenvalue weighted by Crippen LogP contribution is -2.29. The van der Waals surface area contributed by atoms with Crippen molar-refractivity contribution in [2.45, 2.75) is 43.5 Å². The predicted octanol–water partition coefficient (Wildman–Crippen LogP) is 0.977. The van der Waals surface area contributed by atoms with Gasteiger partial charge in [-0.05, 0) is 49.9 Å². The largest absolute Gasteiger partial charge is 0.328 e. The lowest BCUT2D eigenvalue weighted by molar-refractivity contribution is -0.116. The number of anilines is 1. The number of carbonyl (C=O) groups excluding carboxylic acids is 1. The summed E-state index contributed by atoms with van der Waals surface area (Å²) >= 11 is 0. The fourth-order valence-corrected chi connectivity index (χ4v) is 3.32. The number of carbonyl (C=O) groups is 1. The molecule has 21 heavy (non-hydrogen) atoms. The zero-order valence-corrected chi connectivity index (χ0v) is 12.9. The number of aryl methyl sites for hydroxylation is 1. The fourth-order valence-electron chi connectivity index (χ4n) is 2.22. The molecule has 116 valence electrons. The Bertz CT molecular complexity index is 626. The topological polar surface area (TPSA) is 101 Å². The molecule has 1 aromatic rings. The van der Waals surface area contributed by atoms with Crippen molar-refractivity contribution in [3.05, 3.63) is 23.8 Å². The van der Waals surface area contributed by atoms with Crippen LogP contribution < -0.4 is 15.8 Å². The van der Waals surface area contributed by atoms with Crippen molar-refractivity contribution in [2.24, 2.45) is 5.73 Å². The van der Waals surface area contributed by atoms with Crippen LogP contribution in [-0.4, -0.2) is 26.9 Å². The number of benzene rings is 1. The van der Waals surface area contributed by atoms with Crippen molar-refractivity contribution >= 4 is 21.6 Å². The van der Waals surface area contributed by atoms with E-state index < -0.39 is 10.0 Å². The zero-order chi connectivity index (χ0) is 15.5. The molecule has 1 aromatic carbocycles. The van der Waals surface area contributed by atoms with E-state index in [0.29, 0.717) is 31.5 Å². The summed E-state index contributed by atoms with van der Waals surface area (Å²) in [5.74, 6) is -0.0283. The normalized spacial score (nSPS) is 16.8. The second-order valence-electron chi connectivity index (χ2n) is 5.38. The highest BCUT2D eigenvalue weighted by Gasteiger charge is 2.18. The lowest BCUT2D eigenvalue weighted by atomic mass is 10.1. The van der Waals surface area contributed by atoms with Crippen molar-refractivity contribution in [3.63, 3.8) is 0 Å². The second-order valence-corrected chi connectivity index (χ2v) is 7.15. The van der Waals surface area contributed by atoms with Gasteiger partial charge in [0, 0.05) is 24.7 Å². The molecule has 1 heterocycles. The molecule has 1 unspecified atom stereocenters. The first-order valence-electron chi connectivity index (χ1n) is 7.06. The zero-order valence-electron chi connectivity index (χ0n) is 12.1. The molecule has 0 bridgehead atoms. The van der Waals surface area contributed by atoms with Crippen molar-refractivity contribution in [1.82, 2.24) is 4.72 Å². The van der Waals surface area contributed by atoms with Crippen molar-refractivity contribution < 1.29 is 13.2 Å². The van der Waals surface area contributed by atoms with Gasteiger partial charge in [0.15, 0.2) is 0 Å². The highest BCUT2D eigenvalue weighted by molar-refractivity contribution is 7.89. The third-order valence-electron chi connectivity index (χ3n) is 3.40. The van der Waals surface area contributed by atoms with E-state index in [4.69, 9.17) is 5.73 Å². The predicted molar refractivity (Wildman–Crippen MR) is 81.5 cm³/mol. The first-order chi connectivity index (χ1) is 9.88. The van der Waals surface area contributed by atoms with Gasteiger partial charge in [-0.3, -0.25) is 4.79 Å². The molecule has 1 aliphatic heterocycles. The summed E-state index contributed by atoms with van der Waals surface area (Å²) in [6, 6.07) is 4.75. The van der Waals surface area contributed by atoms with E-state index in [1.54, 1.807) is 12.1 Å². The molecule has 4 N–H and O–H groups in total. The smallest absolute Gasteiger partial charge is 0.240 e. The number of nitrogens with two attached hydrogens (primary N) is 1. The average Bonchev–Trinajstić information content (AvgIpc) is 2.57. The quantitative estimate of drug-likeness (QED) is 0.754. The Morgan fingerprint density at radius 2 is 2.14 bits per heavy atom. The summed E-state index contributed by atoms with van der Waals surface area (Å²) in [5, 5.41) is 2.79. The highest BCUT2D eigenvalue weighted by Crippen LogP contribution is 2.25. The van der Waals surface area contributed by atoms with Crippen molar-refractivity contribution in [3.8, 4) is 0 Å². The number of nitrogens with one attached hydrogen (secondary N) is 2. The number of rotatable bonds is 5. The molecule has 6 nitrogen and oxygen atoms in total. The Morgan fingerprint density at radius 3 is 2.86 bits per heavy atom. The fraction of sp³-hybridized carbons (Fsp3) is 0.500. The summed E-state index contributed by atoms with van der Waals surface area (Å²) in [7, 11) is -3.53. The first kappa shape index (κ1) is 15.9. The van der Waals surface area contributed by atoms with Gasteiger partial charge in [-0.25, -0.2) is 13.1 Å². The van der Waals surface area contributed by atoms with Gasteiger partial charge < -0.3 is 11.1 Å². The number of fused-ring (bicyclic) bond motifs is 1. The van der Waals surface area contributed by atoms with E-state index in [1.165, 1.54) is 6.07 Å². The second kappa shape index (κ2) is 6.55. The van der Waals surface area contributed by atoms with E-state index >= 15 is 0 Å². The standard InChI is InChI=1S/C14H21N3O3S/c1-10(15)7-8-16-21(19,20)12-5-6-13-11(9-12)3-2-4-14(18)17-13/h5-6,9-10,16H,2-4,7-8,15H2,1H3,(H,17,18). The molecule has 1 atom stereocenters. The maximum absolute atomic E-state index is 12.2. The minimum atomic E-state index is -3.53. The molecule has 1 aliphatic rings. The molecule has 2 rings (SSSR count). The number of sulfonamides is 1. The molecule has 0 aliphatic carbocycles. The van der Waals surface area contributed by atoms with E-state index in [1.807, 2.05) is 6.92 Å². The van der Waals surface area contributed by atoms with Crippen LogP contribution in [0.4, 0.5) is 5.69 Å². The Labute approximate surface area is 125 Å². The molecule has 1 amide bonds. The Balaban J connectivity index is 2.17. The third-order valence-corrected chi connectivity index (χ3v) is 4.86. The van der Waals surface area contributed by atoms with Gasteiger partial charge in [0.1, 0.15) is 0 Å². The van der Waals surface area contributed by atoms with Crippen molar-refractivity contribution in [2.75, 3.05) is 11.9 Å². The third kappa shape index (κ3) is 4.26. The van der Waals surface area contributed by atoms with Crippen LogP contribution in [0.15, 0.2) is 23.1 Å². The molecule has 0 fully saturated rings. The van der Waals surface area contributed by atoms with Gasteiger partial charge in [0.25, 0.3) is 0 Å². The van der Waals surface area contributed by atoms with Gasteiger partial charge in [-0.2, -0.15) is 0 Å². The van der Waals surface area contributed by atoms with Gasteiger partial charge in [0.05, 0.1) is 4.90 Å². The van der Waals surface area contributed by atoms with Crippen LogP contribution in [0.5, 0.6) is 0 Å². The summed E-state index contributed by atoms with van der Waals surface area (Å²) in [5.41, 5.74) is 7.17. The van der Waals surface area contributed by atoms with Crippen LogP contribution >= 0.6 is 0 Å². The summed E-state index contributed by atoms with van der Waals surface area (Å²) < 4.78 is 27.0. The molecular formula is C14H21N3O3S. The Hall–Kier alpha value is -1.44. The molecular weight excluding hydrogens is 290 g/mol. The molecule has 0 saturated carbocycles. The number of amides is 1. The average molecular weight is 311 g/mol. The summed E-state index contributed by atoms with van der Waals surface area (Å²) in [6.45, 7) is 2.15. The van der Waals surface area contributed by atoms with Crippen LogP contribution in [0.25, 0.3) is 0 Å². The summed E-state index contributed by atoms with van der Waals surface area (Å²) in [6.07, 6.45) is 2.46. The summed E-state index contributed by atoms with van der Waals surface area (Å²) in [4.78, 5) is 11.7. The minimum absolute atomic E-state index is 0.0283.